The largest absolute Gasteiger partial charge is 0.308 e. The lowest BCUT2D eigenvalue weighted by Crippen LogP contribution is -2.06. The normalized spacial score (nSPS) is 12.0. The Labute approximate surface area is 287 Å². The van der Waals surface area contributed by atoms with Gasteiger partial charge in [0.15, 0.2) is 11.6 Å². The Balaban J connectivity index is 1.35. The van der Waals surface area contributed by atoms with Gasteiger partial charge in [0.2, 0.25) is 5.95 Å². The van der Waals surface area contributed by atoms with E-state index in [0.717, 1.165) is 27.5 Å². The highest BCUT2D eigenvalue weighted by atomic mass is 15.2. The van der Waals surface area contributed by atoms with Gasteiger partial charge in [0.25, 0.3) is 0 Å². The summed E-state index contributed by atoms with van der Waals surface area (Å²) in [6, 6.07) is 57.8. The fraction of sp³-hybridized carbons (Fsp3) is 0. The van der Waals surface area contributed by atoms with Crippen molar-refractivity contribution in [3.63, 3.8) is 0 Å². The van der Waals surface area contributed by atoms with Crippen LogP contribution in [0.3, 0.4) is 0 Å². The van der Waals surface area contributed by atoms with Crippen molar-refractivity contribution in [3.8, 4) is 56.7 Å². The van der Waals surface area contributed by atoms with E-state index >= 15 is 0 Å². The van der Waals surface area contributed by atoms with Gasteiger partial charge in [-0.15, -0.1) is 0 Å². The van der Waals surface area contributed by atoms with Crippen LogP contribution < -0.4 is 0 Å². The SMILES string of the molecule is c1ccc(-c2nc(-c3ccccc3)nc(-n3c4ccccc4c4c5c6c(cc43)c3ccccc3n6-c3ccccc3-c3ccccc3-5)n2)cc1. The van der Waals surface area contributed by atoms with Gasteiger partial charge < -0.3 is 4.57 Å². The smallest absolute Gasteiger partial charge is 0.238 e. The Morgan fingerprint density at radius 3 is 1.62 bits per heavy atom. The lowest BCUT2D eigenvalue weighted by Gasteiger charge is -2.13. The molecule has 0 spiro atoms. The summed E-state index contributed by atoms with van der Waals surface area (Å²) >= 11 is 0. The predicted octanol–water partition coefficient (Wildman–Crippen LogP) is 11.0. The monoisotopic (exact) mass is 637 g/mol. The summed E-state index contributed by atoms with van der Waals surface area (Å²) in [5, 5.41) is 4.74. The summed E-state index contributed by atoms with van der Waals surface area (Å²) in [6.07, 6.45) is 0. The van der Waals surface area contributed by atoms with Crippen molar-refractivity contribution in [1.29, 1.82) is 0 Å². The minimum atomic E-state index is 0.587. The zero-order chi connectivity index (χ0) is 32.8. The molecule has 3 aromatic heterocycles. The Morgan fingerprint density at radius 2 is 0.920 bits per heavy atom. The number of benzene rings is 7. The van der Waals surface area contributed by atoms with Crippen molar-refractivity contribution >= 4 is 43.6 Å². The summed E-state index contributed by atoms with van der Waals surface area (Å²) in [6.45, 7) is 0. The van der Waals surface area contributed by atoms with Crippen molar-refractivity contribution in [1.82, 2.24) is 24.1 Å². The minimum absolute atomic E-state index is 0.587. The number of rotatable bonds is 3. The fourth-order valence-corrected chi connectivity index (χ4v) is 8.03. The molecule has 0 bridgehead atoms. The number of aromatic nitrogens is 5. The van der Waals surface area contributed by atoms with E-state index in [1.807, 2.05) is 36.4 Å². The molecule has 5 heteroatoms. The van der Waals surface area contributed by atoms with Crippen LogP contribution in [0.5, 0.6) is 0 Å². The van der Waals surface area contributed by atoms with E-state index in [1.165, 1.54) is 55.1 Å². The summed E-state index contributed by atoms with van der Waals surface area (Å²) in [5.74, 6) is 1.86. The van der Waals surface area contributed by atoms with Gasteiger partial charge in [-0.3, -0.25) is 4.57 Å². The Bertz CT molecular complexity index is 2920. The van der Waals surface area contributed by atoms with Crippen LogP contribution in [0.1, 0.15) is 0 Å². The summed E-state index contributed by atoms with van der Waals surface area (Å²) in [5.41, 5.74) is 12.4. The first-order valence-corrected chi connectivity index (χ1v) is 16.9. The molecule has 10 aromatic rings. The Kier molecular flexibility index (Phi) is 5.60. The van der Waals surface area contributed by atoms with Gasteiger partial charge in [-0.1, -0.05) is 140 Å². The first-order valence-electron chi connectivity index (χ1n) is 16.9. The second-order valence-corrected chi connectivity index (χ2v) is 12.8. The lowest BCUT2D eigenvalue weighted by atomic mass is 9.91. The number of fused-ring (bicyclic) bond motifs is 12. The van der Waals surface area contributed by atoms with Gasteiger partial charge in [0.05, 0.1) is 27.8 Å². The van der Waals surface area contributed by atoms with Crippen molar-refractivity contribution < 1.29 is 0 Å². The molecule has 0 amide bonds. The van der Waals surface area contributed by atoms with Gasteiger partial charge >= 0.3 is 0 Å². The molecule has 11 rings (SSSR count). The van der Waals surface area contributed by atoms with Crippen LogP contribution >= 0.6 is 0 Å². The minimum Gasteiger partial charge on any atom is -0.308 e. The van der Waals surface area contributed by atoms with E-state index in [2.05, 4.69) is 137 Å². The topological polar surface area (TPSA) is 48.5 Å². The molecular formula is C45H27N5. The quantitative estimate of drug-likeness (QED) is 0.194. The van der Waals surface area contributed by atoms with E-state index in [4.69, 9.17) is 15.0 Å². The van der Waals surface area contributed by atoms with Crippen LogP contribution in [0.25, 0.3) is 100 Å². The predicted molar refractivity (Wildman–Crippen MR) is 204 cm³/mol. The van der Waals surface area contributed by atoms with Gasteiger partial charge in [-0.25, -0.2) is 4.98 Å². The summed E-state index contributed by atoms with van der Waals surface area (Å²) in [7, 11) is 0. The van der Waals surface area contributed by atoms with Crippen LogP contribution in [0.2, 0.25) is 0 Å². The van der Waals surface area contributed by atoms with Crippen molar-refractivity contribution in [3.05, 3.63) is 164 Å². The second-order valence-electron chi connectivity index (χ2n) is 12.8. The third kappa shape index (κ3) is 3.74. The molecule has 1 aliphatic heterocycles. The highest BCUT2D eigenvalue weighted by Crippen LogP contribution is 2.51. The van der Waals surface area contributed by atoms with E-state index < -0.39 is 0 Å². The van der Waals surface area contributed by atoms with E-state index in [0.29, 0.717) is 17.6 Å². The molecule has 1 aliphatic rings. The summed E-state index contributed by atoms with van der Waals surface area (Å²) < 4.78 is 4.72. The van der Waals surface area contributed by atoms with Gasteiger partial charge in [-0.2, -0.15) is 9.97 Å². The van der Waals surface area contributed by atoms with Crippen molar-refractivity contribution in [2.75, 3.05) is 0 Å². The molecule has 0 aliphatic carbocycles. The molecule has 0 radical (unpaired) electrons. The standard InChI is InChI=1S/C45H27N5/c1-3-15-28(16-4-1)43-46-44(29-17-5-2-6-18-29)48-45(47-43)50-38-26-14-11-23-34(38)40-39(50)27-35-32-21-10-13-25-37(32)49-36-24-12-9-20-31(36)30-19-7-8-22-33(30)41(40)42(35)49/h1-27H. The first-order chi connectivity index (χ1) is 24.8. The van der Waals surface area contributed by atoms with Crippen molar-refractivity contribution in [2.24, 2.45) is 0 Å². The average molecular weight is 638 g/mol. The molecule has 0 saturated heterocycles. The maximum absolute atomic E-state index is 5.22. The number of nitrogens with zero attached hydrogens (tertiary/aromatic N) is 5. The highest BCUT2D eigenvalue weighted by molar-refractivity contribution is 6.28. The molecule has 0 unspecified atom stereocenters. The summed E-state index contributed by atoms with van der Waals surface area (Å²) in [4.78, 5) is 15.4. The number of para-hydroxylation sites is 3. The Hall–Kier alpha value is -6.85. The maximum atomic E-state index is 5.22. The van der Waals surface area contributed by atoms with Crippen LogP contribution in [0, 0.1) is 0 Å². The van der Waals surface area contributed by atoms with Gasteiger partial charge in [0, 0.05) is 43.8 Å². The highest BCUT2D eigenvalue weighted by Gasteiger charge is 2.29. The third-order valence-corrected chi connectivity index (χ3v) is 10.1. The number of hydrogen-bond donors (Lipinski definition) is 0. The molecule has 232 valence electrons. The molecule has 50 heavy (non-hydrogen) atoms. The zero-order valence-electron chi connectivity index (χ0n) is 26.8. The second kappa shape index (κ2) is 10.3. The molecule has 5 nitrogen and oxygen atoms in total. The van der Waals surface area contributed by atoms with Crippen LogP contribution in [-0.4, -0.2) is 24.1 Å². The molecule has 0 N–H and O–H groups in total. The van der Waals surface area contributed by atoms with Crippen molar-refractivity contribution in [2.45, 2.75) is 0 Å². The fourth-order valence-electron chi connectivity index (χ4n) is 8.03. The molecule has 7 aromatic carbocycles. The van der Waals surface area contributed by atoms with Gasteiger partial charge in [0.1, 0.15) is 0 Å². The van der Waals surface area contributed by atoms with Crippen LogP contribution in [-0.2, 0) is 0 Å². The van der Waals surface area contributed by atoms with E-state index in [1.54, 1.807) is 0 Å². The van der Waals surface area contributed by atoms with Gasteiger partial charge in [-0.05, 0) is 35.4 Å². The van der Waals surface area contributed by atoms with E-state index in [-0.39, 0.29) is 0 Å². The molecule has 0 atom stereocenters. The maximum Gasteiger partial charge on any atom is 0.238 e. The number of hydrogen-bond acceptors (Lipinski definition) is 3. The molecule has 4 heterocycles. The third-order valence-electron chi connectivity index (χ3n) is 10.1. The molecular weight excluding hydrogens is 611 g/mol. The van der Waals surface area contributed by atoms with E-state index in [9.17, 15) is 0 Å². The molecule has 0 saturated carbocycles. The van der Waals surface area contributed by atoms with Crippen LogP contribution in [0.4, 0.5) is 0 Å². The lowest BCUT2D eigenvalue weighted by molar-refractivity contribution is 0.954. The first kappa shape index (κ1) is 27.1. The Morgan fingerprint density at radius 1 is 0.380 bits per heavy atom. The average Bonchev–Trinajstić information content (AvgIpc) is 3.66. The molecule has 0 fully saturated rings. The van der Waals surface area contributed by atoms with Crippen LogP contribution in [0.15, 0.2) is 164 Å². The zero-order valence-corrected chi connectivity index (χ0v) is 26.8.